The number of hydrogen-bond donors (Lipinski definition) is 0. The lowest BCUT2D eigenvalue weighted by Crippen LogP contribution is -2.37. The van der Waals surface area contributed by atoms with Crippen molar-refractivity contribution in [2.24, 2.45) is 0 Å². The highest BCUT2D eigenvalue weighted by Crippen LogP contribution is 2.27. The normalized spacial score (nSPS) is 24.7. The molecule has 0 aliphatic carbocycles. The predicted molar refractivity (Wildman–Crippen MR) is 84.0 cm³/mol. The van der Waals surface area contributed by atoms with E-state index in [0.717, 1.165) is 19.5 Å². The van der Waals surface area contributed by atoms with E-state index in [-0.39, 0.29) is 5.88 Å². The Morgan fingerprint density at radius 3 is 2.57 bits per heavy atom. The van der Waals surface area contributed by atoms with E-state index >= 15 is 0 Å². The summed E-state index contributed by atoms with van der Waals surface area (Å²) < 4.78 is 27.3. The first kappa shape index (κ1) is 15.3. The first-order valence-corrected chi connectivity index (χ1v) is 9.48. The van der Waals surface area contributed by atoms with Crippen LogP contribution in [0.25, 0.3) is 0 Å². The fourth-order valence-corrected chi connectivity index (χ4v) is 5.37. The molecular formula is C15H21ClN2O2S. The summed E-state index contributed by atoms with van der Waals surface area (Å²) in [7, 11) is -3.42. The van der Waals surface area contributed by atoms with Crippen LogP contribution in [-0.4, -0.2) is 49.8 Å². The predicted octanol–water partition coefficient (Wildman–Crippen LogP) is 2.28. The molecule has 3 rings (SSSR count). The quantitative estimate of drug-likeness (QED) is 0.796. The third kappa shape index (κ3) is 2.97. The number of nitrogens with zero attached hydrogens (tertiary/aromatic N) is 2. The molecule has 116 valence electrons. The maximum Gasteiger partial charge on any atom is 0.243 e. The van der Waals surface area contributed by atoms with Crippen LogP contribution >= 0.6 is 11.6 Å². The maximum atomic E-state index is 12.8. The van der Waals surface area contributed by atoms with Crippen molar-refractivity contribution in [3.8, 4) is 0 Å². The van der Waals surface area contributed by atoms with Crippen LogP contribution in [0.3, 0.4) is 0 Å². The van der Waals surface area contributed by atoms with Gasteiger partial charge < -0.3 is 0 Å². The third-order valence-corrected chi connectivity index (χ3v) is 6.77. The van der Waals surface area contributed by atoms with Gasteiger partial charge in [-0.25, -0.2) is 8.42 Å². The molecule has 0 bridgehead atoms. The number of sulfonamides is 1. The lowest BCUT2D eigenvalue weighted by atomic mass is 10.2. The molecule has 0 amide bonds. The van der Waals surface area contributed by atoms with Crippen LogP contribution < -0.4 is 0 Å². The van der Waals surface area contributed by atoms with Crippen LogP contribution in [0.4, 0.5) is 0 Å². The molecule has 6 heteroatoms. The Labute approximate surface area is 131 Å². The Hall–Kier alpha value is -0.620. The molecule has 1 atom stereocenters. The molecule has 2 aliphatic heterocycles. The molecule has 0 aromatic heterocycles. The second-order valence-electron chi connectivity index (χ2n) is 5.79. The van der Waals surface area contributed by atoms with E-state index in [1.165, 1.54) is 12.8 Å². The summed E-state index contributed by atoms with van der Waals surface area (Å²) in [4.78, 5) is 2.80. The lowest BCUT2D eigenvalue weighted by Gasteiger charge is -2.23. The average molecular weight is 329 g/mol. The molecule has 2 heterocycles. The van der Waals surface area contributed by atoms with Gasteiger partial charge in [0.1, 0.15) is 0 Å². The van der Waals surface area contributed by atoms with Crippen LogP contribution in [0, 0.1) is 0 Å². The zero-order valence-electron chi connectivity index (χ0n) is 12.0. The van der Waals surface area contributed by atoms with Gasteiger partial charge in [-0.05, 0) is 44.0 Å². The van der Waals surface area contributed by atoms with Crippen LogP contribution in [0.2, 0.25) is 0 Å². The molecule has 0 N–H and O–H groups in total. The SMILES string of the molecule is O=S(=O)(c1ccccc1CCl)N1CCC(N2CCCC2)C1. The Bertz CT molecular complexity index is 599. The monoisotopic (exact) mass is 328 g/mol. The molecule has 0 radical (unpaired) electrons. The second kappa shape index (κ2) is 6.24. The zero-order valence-corrected chi connectivity index (χ0v) is 13.6. The molecule has 1 aromatic rings. The summed E-state index contributed by atoms with van der Waals surface area (Å²) in [5.41, 5.74) is 0.684. The van der Waals surface area contributed by atoms with Gasteiger partial charge in [0, 0.05) is 25.0 Å². The second-order valence-corrected chi connectivity index (χ2v) is 7.96. The smallest absolute Gasteiger partial charge is 0.243 e. The highest BCUT2D eigenvalue weighted by atomic mass is 35.5. The van der Waals surface area contributed by atoms with Crippen molar-refractivity contribution in [3.63, 3.8) is 0 Å². The van der Waals surface area contributed by atoms with E-state index in [1.54, 1.807) is 22.5 Å². The van der Waals surface area contributed by atoms with Gasteiger partial charge in [0.05, 0.1) is 4.90 Å². The fraction of sp³-hybridized carbons (Fsp3) is 0.600. The molecular weight excluding hydrogens is 308 g/mol. The van der Waals surface area contributed by atoms with Gasteiger partial charge >= 0.3 is 0 Å². The Morgan fingerprint density at radius 1 is 1.14 bits per heavy atom. The number of halogens is 1. The van der Waals surface area contributed by atoms with E-state index in [4.69, 9.17) is 11.6 Å². The maximum absolute atomic E-state index is 12.8. The lowest BCUT2D eigenvalue weighted by molar-refractivity contribution is 0.251. The standard InChI is InChI=1S/C15H21ClN2O2S/c16-11-13-5-1-2-6-15(13)21(19,20)18-10-7-14(12-18)17-8-3-4-9-17/h1-2,5-6,14H,3-4,7-12H2. The van der Waals surface area contributed by atoms with Crippen LogP contribution in [0.15, 0.2) is 29.2 Å². The van der Waals surface area contributed by atoms with Crippen molar-refractivity contribution in [2.45, 2.75) is 36.1 Å². The van der Waals surface area contributed by atoms with Gasteiger partial charge in [-0.1, -0.05) is 18.2 Å². The minimum atomic E-state index is -3.42. The summed E-state index contributed by atoms with van der Waals surface area (Å²) in [5.74, 6) is 0.221. The van der Waals surface area contributed by atoms with Gasteiger partial charge in [0.15, 0.2) is 0 Å². The average Bonchev–Trinajstić information content (AvgIpc) is 3.17. The highest BCUT2D eigenvalue weighted by molar-refractivity contribution is 7.89. The topological polar surface area (TPSA) is 40.6 Å². The van der Waals surface area contributed by atoms with Crippen LogP contribution in [-0.2, 0) is 15.9 Å². The first-order valence-electron chi connectivity index (χ1n) is 7.51. The van der Waals surface area contributed by atoms with E-state index in [0.29, 0.717) is 29.6 Å². The van der Waals surface area contributed by atoms with E-state index < -0.39 is 10.0 Å². The summed E-state index contributed by atoms with van der Waals surface area (Å²) >= 11 is 5.89. The molecule has 2 fully saturated rings. The Balaban J connectivity index is 1.79. The molecule has 4 nitrogen and oxygen atoms in total. The third-order valence-electron chi connectivity index (χ3n) is 4.52. The molecule has 0 saturated carbocycles. The summed E-state index contributed by atoms with van der Waals surface area (Å²) in [6, 6.07) is 7.42. The van der Waals surface area contributed by atoms with Gasteiger partial charge in [0.2, 0.25) is 10.0 Å². The van der Waals surface area contributed by atoms with Crippen molar-refractivity contribution in [3.05, 3.63) is 29.8 Å². The number of rotatable bonds is 4. The largest absolute Gasteiger partial charge is 0.299 e. The molecule has 1 unspecified atom stereocenters. The van der Waals surface area contributed by atoms with Gasteiger partial charge in [0.25, 0.3) is 0 Å². The summed E-state index contributed by atoms with van der Waals surface area (Å²) in [6.07, 6.45) is 3.40. The van der Waals surface area contributed by atoms with Crippen molar-refractivity contribution >= 4 is 21.6 Å². The van der Waals surface area contributed by atoms with Crippen molar-refractivity contribution in [1.82, 2.24) is 9.21 Å². The van der Waals surface area contributed by atoms with Gasteiger partial charge in [-0.2, -0.15) is 4.31 Å². The minimum absolute atomic E-state index is 0.221. The number of alkyl halides is 1. The van der Waals surface area contributed by atoms with Crippen LogP contribution in [0.5, 0.6) is 0 Å². The molecule has 0 spiro atoms. The number of benzene rings is 1. The summed E-state index contributed by atoms with van der Waals surface area (Å²) in [5, 5.41) is 0. The molecule has 1 aromatic carbocycles. The molecule has 2 saturated heterocycles. The Morgan fingerprint density at radius 2 is 1.86 bits per heavy atom. The minimum Gasteiger partial charge on any atom is -0.299 e. The fourth-order valence-electron chi connectivity index (χ4n) is 3.34. The van der Waals surface area contributed by atoms with E-state index in [9.17, 15) is 8.42 Å². The Kier molecular flexibility index (Phi) is 4.54. The highest BCUT2D eigenvalue weighted by Gasteiger charge is 2.36. The number of likely N-dealkylation sites (tertiary alicyclic amines) is 1. The molecule has 2 aliphatic rings. The zero-order chi connectivity index (χ0) is 14.9. The number of hydrogen-bond acceptors (Lipinski definition) is 3. The summed E-state index contributed by atoms with van der Waals surface area (Å²) in [6.45, 7) is 3.44. The van der Waals surface area contributed by atoms with Crippen molar-refractivity contribution < 1.29 is 8.42 Å². The van der Waals surface area contributed by atoms with E-state index in [2.05, 4.69) is 4.90 Å². The first-order chi connectivity index (χ1) is 10.1. The van der Waals surface area contributed by atoms with Crippen LogP contribution in [0.1, 0.15) is 24.8 Å². The molecule has 21 heavy (non-hydrogen) atoms. The van der Waals surface area contributed by atoms with Gasteiger partial charge in [-0.3, -0.25) is 4.90 Å². The van der Waals surface area contributed by atoms with Crippen molar-refractivity contribution in [2.75, 3.05) is 26.2 Å². The van der Waals surface area contributed by atoms with Gasteiger partial charge in [-0.15, -0.1) is 11.6 Å². The van der Waals surface area contributed by atoms with Crippen molar-refractivity contribution in [1.29, 1.82) is 0 Å². The van der Waals surface area contributed by atoms with E-state index in [1.807, 2.05) is 6.07 Å².